The van der Waals surface area contributed by atoms with Crippen LogP contribution in [0.25, 0.3) is 0 Å². The summed E-state index contributed by atoms with van der Waals surface area (Å²) in [4.78, 5) is 72.3. The minimum atomic E-state index is -2.43. The van der Waals surface area contributed by atoms with Crippen LogP contribution in [0.3, 0.4) is 0 Å². The van der Waals surface area contributed by atoms with Gasteiger partial charge in [-0.2, -0.15) is 0 Å². The highest BCUT2D eigenvalue weighted by atomic mass is 16.6. The Kier molecular flexibility index (Phi) is 20.7. The first kappa shape index (κ1) is 55.2. The predicted molar refractivity (Wildman–Crippen MR) is 250 cm³/mol. The molecule has 0 unspecified atom stereocenters. The van der Waals surface area contributed by atoms with Gasteiger partial charge in [-0.05, 0) is 121 Å². The summed E-state index contributed by atoms with van der Waals surface area (Å²) in [5, 5.41) is 34.0. The molecule has 3 aliphatic heterocycles. The first-order valence-corrected chi connectivity index (χ1v) is 24.3. The zero-order chi connectivity index (χ0) is 49.1. The van der Waals surface area contributed by atoms with E-state index < -0.39 is 83.4 Å². The highest BCUT2D eigenvalue weighted by molar-refractivity contribution is 6.39. The van der Waals surface area contributed by atoms with Crippen molar-refractivity contribution in [3.63, 3.8) is 0 Å². The van der Waals surface area contributed by atoms with Gasteiger partial charge in [0.15, 0.2) is 5.78 Å². The summed E-state index contributed by atoms with van der Waals surface area (Å²) in [6.07, 6.45) is 11.1. The fourth-order valence-corrected chi connectivity index (χ4v) is 10.3. The van der Waals surface area contributed by atoms with Crippen LogP contribution in [-0.4, -0.2) is 132 Å². The van der Waals surface area contributed by atoms with Crippen LogP contribution in [0, 0.1) is 35.0 Å². The molecule has 2 saturated heterocycles. The molecule has 0 aromatic carbocycles. The Bertz CT molecular complexity index is 1800. The molecule has 14 heteroatoms. The molecule has 0 aromatic rings. The molecule has 3 heterocycles. The number of hydrogen-bond acceptors (Lipinski definition) is 13. The van der Waals surface area contributed by atoms with Gasteiger partial charge in [-0.1, -0.05) is 64.2 Å². The van der Waals surface area contributed by atoms with E-state index in [2.05, 4.69) is 0 Å². The number of ketones is 3. The molecule has 1 saturated carbocycles. The zero-order valence-corrected chi connectivity index (χ0v) is 41.5. The number of cyclic esters (lactones) is 1. The van der Waals surface area contributed by atoms with Crippen molar-refractivity contribution in [2.45, 2.75) is 187 Å². The molecule has 372 valence electrons. The molecule has 4 rings (SSSR count). The van der Waals surface area contributed by atoms with Crippen LogP contribution in [0.1, 0.15) is 132 Å². The summed E-state index contributed by atoms with van der Waals surface area (Å²) in [6.45, 7) is 14.5. The van der Waals surface area contributed by atoms with Gasteiger partial charge >= 0.3 is 5.97 Å². The van der Waals surface area contributed by atoms with Gasteiger partial charge in [0.25, 0.3) is 11.7 Å². The highest BCUT2D eigenvalue weighted by Gasteiger charge is 2.53. The number of ether oxygens (including phenoxy) is 5. The van der Waals surface area contributed by atoms with Gasteiger partial charge in [-0.15, -0.1) is 0 Å². The van der Waals surface area contributed by atoms with E-state index >= 15 is 0 Å². The number of piperidine rings is 1. The van der Waals surface area contributed by atoms with E-state index in [-0.39, 0.29) is 54.8 Å². The molecule has 66 heavy (non-hydrogen) atoms. The molecule has 14 nitrogen and oxygen atoms in total. The summed E-state index contributed by atoms with van der Waals surface area (Å²) in [5.41, 5.74) is 0.0664. The Morgan fingerprint density at radius 3 is 2.23 bits per heavy atom. The van der Waals surface area contributed by atoms with Crippen molar-refractivity contribution in [2.75, 3.05) is 27.9 Å². The van der Waals surface area contributed by atoms with Crippen molar-refractivity contribution in [1.82, 2.24) is 4.90 Å². The largest absolute Gasteiger partial charge is 0.460 e. The second-order valence-corrected chi connectivity index (χ2v) is 20.5. The lowest BCUT2D eigenvalue weighted by atomic mass is 9.77. The average molecular weight is 928 g/mol. The van der Waals surface area contributed by atoms with Gasteiger partial charge < -0.3 is 43.9 Å². The molecule has 14 atom stereocenters. The van der Waals surface area contributed by atoms with Crippen LogP contribution < -0.4 is 0 Å². The number of aliphatic hydroxyl groups excluding tert-OH is 2. The number of Topliss-reactive ketones (excluding diaryl/α,β-unsaturated/α-hetero) is 3. The van der Waals surface area contributed by atoms with E-state index in [0.29, 0.717) is 63.4 Å². The Morgan fingerprint density at radius 2 is 1.56 bits per heavy atom. The van der Waals surface area contributed by atoms with Crippen molar-refractivity contribution in [3.05, 3.63) is 47.6 Å². The standard InChI is InChI=1S/C52H81NO13/c1-31-17-13-12-14-18-32(2)41(62-9)28-38-22-20-36(6)52(61,66-38)48(58)49(59)53-24-16-15-19-39(53)50(60)65-42(33(3)26-37-21-23-40(54)43(27-37)63-10)29-44(55)51(7,8)30-35(5)46(57)47(64-11)45(56)34(4)25-31/h12-14,17-18,30-31,33-34,36-43,46-47,54,57,61H,15-16,19-29H2,1-11H3/b14-12+,17-13+,32-18+,35-30+/t31-,33-,34-,36-,37+,38+,39+,40-,41+,42+,43-,46-,47+,52-/m1/s1. The van der Waals surface area contributed by atoms with Gasteiger partial charge in [0, 0.05) is 58.0 Å². The molecule has 3 N–H and O–H groups in total. The van der Waals surface area contributed by atoms with Crippen LogP contribution >= 0.6 is 0 Å². The van der Waals surface area contributed by atoms with E-state index in [9.17, 15) is 39.3 Å². The number of fused-ring (bicyclic) bond motifs is 3. The van der Waals surface area contributed by atoms with E-state index in [1.807, 2.05) is 58.1 Å². The Balaban J connectivity index is 1.73. The molecule has 3 fully saturated rings. The van der Waals surface area contributed by atoms with E-state index in [0.717, 1.165) is 12.0 Å². The first-order valence-electron chi connectivity index (χ1n) is 24.3. The lowest BCUT2D eigenvalue weighted by Gasteiger charge is -2.42. The minimum Gasteiger partial charge on any atom is -0.460 e. The number of amides is 1. The van der Waals surface area contributed by atoms with E-state index in [1.165, 1.54) is 12.0 Å². The molecule has 1 aliphatic carbocycles. The molecule has 0 spiro atoms. The van der Waals surface area contributed by atoms with Crippen LogP contribution in [-0.2, 0) is 47.7 Å². The average Bonchev–Trinajstić information content (AvgIpc) is 3.28. The Morgan fingerprint density at radius 1 is 0.848 bits per heavy atom. The normalized spacial score (nSPS) is 39.7. The van der Waals surface area contributed by atoms with Crippen molar-refractivity contribution >= 4 is 29.2 Å². The molecular formula is C52H81NO13. The van der Waals surface area contributed by atoms with Gasteiger partial charge in [0.2, 0.25) is 5.79 Å². The van der Waals surface area contributed by atoms with Gasteiger partial charge in [-0.25, -0.2) is 4.79 Å². The van der Waals surface area contributed by atoms with Crippen molar-refractivity contribution in [2.24, 2.45) is 35.0 Å². The summed E-state index contributed by atoms with van der Waals surface area (Å²) < 4.78 is 29.5. The second-order valence-electron chi connectivity index (χ2n) is 20.5. The number of carbonyl (C=O) groups excluding carboxylic acids is 5. The monoisotopic (exact) mass is 928 g/mol. The topological polar surface area (TPSA) is 195 Å². The van der Waals surface area contributed by atoms with Gasteiger partial charge in [-0.3, -0.25) is 19.2 Å². The fourth-order valence-electron chi connectivity index (χ4n) is 10.3. The molecule has 1 amide bonds. The number of nitrogens with zero attached hydrogens (tertiary/aromatic N) is 1. The van der Waals surface area contributed by atoms with E-state index in [4.69, 9.17) is 23.7 Å². The van der Waals surface area contributed by atoms with Crippen LogP contribution in [0.4, 0.5) is 0 Å². The third-order valence-corrected chi connectivity index (χ3v) is 14.7. The lowest BCUT2D eigenvalue weighted by Crippen LogP contribution is -2.61. The number of hydrogen-bond donors (Lipinski definition) is 3. The second kappa shape index (κ2) is 24.8. The van der Waals surface area contributed by atoms with Gasteiger partial charge in [0.1, 0.15) is 30.1 Å². The van der Waals surface area contributed by atoms with Crippen molar-refractivity contribution < 1.29 is 63.0 Å². The van der Waals surface area contributed by atoms with Crippen LogP contribution in [0.15, 0.2) is 47.6 Å². The van der Waals surface area contributed by atoms with Crippen LogP contribution in [0.2, 0.25) is 0 Å². The molecule has 4 aliphatic rings. The summed E-state index contributed by atoms with van der Waals surface area (Å²) >= 11 is 0. The number of methoxy groups -OCH3 is 3. The molecule has 0 radical (unpaired) electrons. The lowest BCUT2D eigenvalue weighted by molar-refractivity contribution is -0.265. The van der Waals surface area contributed by atoms with Crippen LogP contribution in [0.5, 0.6) is 0 Å². The highest BCUT2D eigenvalue weighted by Crippen LogP contribution is 2.38. The minimum absolute atomic E-state index is 0.0137. The number of carbonyl (C=O) groups is 5. The van der Waals surface area contributed by atoms with Gasteiger partial charge in [0.05, 0.1) is 24.4 Å². The Labute approximate surface area is 393 Å². The SMILES string of the molecule is CO[C@H]1C[C@@H]2CC[C@@H](C)[C@@](O)(O2)C(=O)C(=O)N2CCCC[C@H]2C(=O)O[C@H]([C@H](C)C[C@@H]2CC[C@@H](O)[C@H](OC)C2)CC(=O)C(C)(C)/C=C(\C)[C@@H](O)[C@@H](OC)C(=O)[C@H](C)C[C@H](C)/C=C/C=C/C=C/1C. The summed E-state index contributed by atoms with van der Waals surface area (Å²) in [5.74, 6) is -7.29. The number of esters is 1. The molecule has 2 bridgehead atoms. The summed E-state index contributed by atoms with van der Waals surface area (Å²) in [6, 6.07) is -1.15. The summed E-state index contributed by atoms with van der Waals surface area (Å²) in [7, 11) is 4.52. The smallest absolute Gasteiger partial charge is 0.329 e. The number of allylic oxidation sites excluding steroid dienone is 6. The maximum Gasteiger partial charge on any atom is 0.329 e. The third-order valence-electron chi connectivity index (χ3n) is 14.7. The fraction of sp³-hybridized carbons (Fsp3) is 0.750. The zero-order valence-electron chi connectivity index (χ0n) is 41.5. The molecular weight excluding hydrogens is 847 g/mol. The van der Waals surface area contributed by atoms with Crippen molar-refractivity contribution in [3.8, 4) is 0 Å². The predicted octanol–water partition coefficient (Wildman–Crippen LogP) is 6.57. The third kappa shape index (κ3) is 14.1. The Hall–Kier alpha value is -3.37. The molecule has 0 aromatic heterocycles. The van der Waals surface area contributed by atoms with E-state index in [1.54, 1.807) is 48.0 Å². The number of aliphatic hydroxyl groups is 3. The maximum absolute atomic E-state index is 14.4. The maximum atomic E-state index is 14.4. The quantitative estimate of drug-likeness (QED) is 0.147. The van der Waals surface area contributed by atoms with Crippen molar-refractivity contribution in [1.29, 1.82) is 0 Å². The number of rotatable bonds is 6. The first-order chi connectivity index (χ1) is 31.1.